The second-order valence-electron chi connectivity index (χ2n) is 4.38. The number of sulfonamides is 1. The highest BCUT2D eigenvalue weighted by Gasteiger charge is 2.20. The lowest BCUT2D eigenvalue weighted by Gasteiger charge is -2.17. The van der Waals surface area contributed by atoms with Crippen LogP contribution in [0.4, 0.5) is 5.95 Å². The first-order valence-electron chi connectivity index (χ1n) is 6.42. The number of rotatable bonds is 6. The van der Waals surface area contributed by atoms with Crippen molar-refractivity contribution in [2.45, 2.75) is 24.3 Å². The molecule has 0 bridgehead atoms. The number of benzene rings is 1. The summed E-state index contributed by atoms with van der Waals surface area (Å²) in [6.45, 7) is 1.91. The van der Waals surface area contributed by atoms with E-state index < -0.39 is 10.0 Å². The SMILES string of the molecule is CCC(NS(=O)(=O)c1cnc(NN)nc1)c1ccccc1. The zero-order valence-corrected chi connectivity index (χ0v) is 12.3. The Hall–Kier alpha value is -2.03. The third kappa shape index (κ3) is 3.75. The van der Waals surface area contributed by atoms with Crippen LogP contribution in [0.1, 0.15) is 24.9 Å². The predicted molar refractivity (Wildman–Crippen MR) is 79.6 cm³/mol. The van der Waals surface area contributed by atoms with Gasteiger partial charge in [-0.2, -0.15) is 0 Å². The normalized spacial score (nSPS) is 12.9. The van der Waals surface area contributed by atoms with Gasteiger partial charge in [-0.3, -0.25) is 5.43 Å². The summed E-state index contributed by atoms with van der Waals surface area (Å²) in [6.07, 6.45) is 3.05. The molecule has 0 aliphatic rings. The molecule has 0 aliphatic carbocycles. The van der Waals surface area contributed by atoms with Crippen LogP contribution in [0, 0.1) is 0 Å². The van der Waals surface area contributed by atoms with Gasteiger partial charge in [0, 0.05) is 6.04 Å². The van der Waals surface area contributed by atoms with Crippen LogP contribution in [0.5, 0.6) is 0 Å². The number of nitrogens with zero attached hydrogens (tertiary/aromatic N) is 2. The van der Waals surface area contributed by atoms with Crippen LogP contribution in [0.3, 0.4) is 0 Å². The lowest BCUT2D eigenvalue weighted by molar-refractivity contribution is 0.549. The number of hydrogen-bond acceptors (Lipinski definition) is 6. The van der Waals surface area contributed by atoms with Crippen LogP contribution in [0.2, 0.25) is 0 Å². The molecule has 0 amide bonds. The molecule has 0 spiro atoms. The minimum absolute atomic E-state index is 0.00381. The molecule has 1 aromatic heterocycles. The van der Waals surface area contributed by atoms with Gasteiger partial charge in [-0.15, -0.1) is 0 Å². The van der Waals surface area contributed by atoms with Gasteiger partial charge in [0.05, 0.1) is 12.4 Å². The fourth-order valence-corrected chi connectivity index (χ4v) is 3.05. The van der Waals surface area contributed by atoms with Crippen molar-refractivity contribution in [2.75, 3.05) is 5.43 Å². The molecule has 1 atom stereocenters. The smallest absolute Gasteiger partial charge is 0.244 e. The minimum atomic E-state index is -3.69. The van der Waals surface area contributed by atoms with Crippen LogP contribution in [-0.2, 0) is 10.0 Å². The molecule has 4 N–H and O–H groups in total. The van der Waals surface area contributed by atoms with E-state index in [1.165, 1.54) is 12.4 Å². The summed E-state index contributed by atoms with van der Waals surface area (Å²) in [5, 5.41) is 0. The highest BCUT2D eigenvalue weighted by Crippen LogP contribution is 2.19. The Bertz CT molecular complexity index is 673. The van der Waals surface area contributed by atoms with Gasteiger partial charge in [-0.25, -0.2) is 29.0 Å². The monoisotopic (exact) mass is 307 g/mol. The van der Waals surface area contributed by atoms with Crippen molar-refractivity contribution in [1.82, 2.24) is 14.7 Å². The van der Waals surface area contributed by atoms with Crippen molar-refractivity contribution in [3.05, 3.63) is 48.3 Å². The molecule has 1 unspecified atom stereocenters. The number of anilines is 1. The van der Waals surface area contributed by atoms with Crippen LogP contribution >= 0.6 is 0 Å². The average Bonchev–Trinajstić information content (AvgIpc) is 2.53. The highest BCUT2D eigenvalue weighted by atomic mass is 32.2. The number of hydrogen-bond donors (Lipinski definition) is 3. The Morgan fingerprint density at radius 1 is 1.19 bits per heavy atom. The topological polar surface area (TPSA) is 110 Å². The van der Waals surface area contributed by atoms with Crippen LogP contribution in [0.15, 0.2) is 47.6 Å². The van der Waals surface area contributed by atoms with Crippen molar-refractivity contribution < 1.29 is 8.42 Å². The number of hydrazine groups is 1. The van der Waals surface area contributed by atoms with Crippen molar-refractivity contribution in [2.24, 2.45) is 5.84 Å². The third-order valence-electron chi connectivity index (χ3n) is 2.98. The maximum absolute atomic E-state index is 12.3. The van der Waals surface area contributed by atoms with E-state index in [9.17, 15) is 8.42 Å². The first kappa shape index (κ1) is 15.4. The first-order chi connectivity index (χ1) is 10.1. The Kier molecular flexibility index (Phi) is 4.84. The van der Waals surface area contributed by atoms with Gasteiger partial charge in [0.2, 0.25) is 16.0 Å². The van der Waals surface area contributed by atoms with Crippen molar-refractivity contribution in [3.63, 3.8) is 0 Å². The minimum Gasteiger partial charge on any atom is -0.292 e. The number of aromatic nitrogens is 2. The molecule has 0 saturated carbocycles. The molecule has 0 saturated heterocycles. The average molecular weight is 307 g/mol. The molecular weight excluding hydrogens is 290 g/mol. The van der Waals surface area contributed by atoms with E-state index in [1.54, 1.807) is 0 Å². The zero-order valence-electron chi connectivity index (χ0n) is 11.5. The Morgan fingerprint density at radius 3 is 2.33 bits per heavy atom. The number of nitrogens with one attached hydrogen (secondary N) is 2. The summed E-state index contributed by atoms with van der Waals surface area (Å²) in [5.41, 5.74) is 3.15. The van der Waals surface area contributed by atoms with Gasteiger partial charge in [0.25, 0.3) is 0 Å². The quantitative estimate of drug-likeness (QED) is 0.546. The molecule has 8 heteroatoms. The number of nitrogens with two attached hydrogens (primary N) is 1. The molecule has 7 nitrogen and oxygen atoms in total. The molecule has 2 aromatic rings. The summed E-state index contributed by atoms with van der Waals surface area (Å²) in [5.74, 6) is 5.30. The largest absolute Gasteiger partial charge is 0.292 e. The van der Waals surface area contributed by atoms with E-state index in [1.807, 2.05) is 37.3 Å². The first-order valence-corrected chi connectivity index (χ1v) is 7.91. The van der Waals surface area contributed by atoms with Gasteiger partial charge < -0.3 is 0 Å². The predicted octanol–water partition coefficient (Wildman–Crippen LogP) is 1.19. The Balaban J connectivity index is 2.22. The van der Waals surface area contributed by atoms with Crippen LogP contribution < -0.4 is 16.0 Å². The summed E-state index contributed by atoms with van der Waals surface area (Å²) < 4.78 is 27.3. The lowest BCUT2D eigenvalue weighted by Crippen LogP contribution is -2.28. The fraction of sp³-hybridized carbons (Fsp3) is 0.231. The van der Waals surface area contributed by atoms with E-state index >= 15 is 0 Å². The lowest BCUT2D eigenvalue weighted by atomic mass is 10.1. The summed E-state index contributed by atoms with van der Waals surface area (Å²) >= 11 is 0. The van der Waals surface area contributed by atoms with Gasteiger partial charge in [-0.05, 0) is 12.0 Å². The van der Waals surface area contributed by atoms with Gasteiger partial charge in [0.15, 0.2) is 0 Å². The standard InChI is InChI=1S/C13H17N5O2S/c1-2-12(10-6-4-3-5-7-10)18-21(19,20)11-8-15-13(17-14)16-9-11/h3-9,12,18H,2,14H2,1H3,(H,15,16,17). The van der Waals surface area contributed by atoms with E-state index in [0.29, 0.717) is 6.42 Å². The van der Waals surface area contributed by atoms with E-state index in [2.05, 4.69) is 20.1 Å². The summed E-state index contributed by atoms with van der Waals surface area (Å²) in [4.78, 5) is 7.60. The van der Waals surface area contributed by atoms with Crippen molar-refractivity contribution in [3.8, 4) is 0 Å². The maximum atomic E-state index is 12.3. The second-order valence-corrected chi connectivity index (χ2v) is 6.09. The van der Waals surface area contributed by atoms with Gasteiger partial charge >= 0.3 is 0 Å². The van der Waals surface area contributed by atoms with Crippen molar-refractivity contribution >= 4 is 16.0 Å². The fourth-order valence-electron chi connectivity index (χ4n) is 1.86. The highest BCUT2D eigenvalue weighted by molar-refractivity contribution is 7.89. The third-order valence-corrected chi connectivity index (χ3v) is 4.40. The maximum Gasteiger partial charge on any atom is 0.244 e. The molecular formula is C13H17N5O2S. The molecule has 0 fully saturated rings. The molecule has 1 aromatic carbocycles. The molecule has 2 rings (SSSR count). The number of nitrogen functional groups attached to an aromatic ring is 1. The van der Waals surface area contributed by atoms with Crippen molar-refractivity contribution in [1.29, 1.82) is 0 Å². The Labute approximate surface area is 123 Å². The summed E-state index contributed by atoms with van der Waals surface area (Å²) in [6, 6.07) is 9.10. The van der Waals surface area contributed by atoms with Crippen LogP contribution in [-0.4, -0.2) is 18.4 Å². The summed E-state index contributed by atoms with van der Waals surface area (Å²) in [7, 11) is -3.69. The van der Waals surface area contributed by atoms with Crippen LogP contribution in [0.25, 0.3) is 0 Å². The molecule has 1 heterocycles. The van der Waals surface area contributed by atoms with E-state index in [0.717, 1.165) is 5.56 Å². The van der Waals surface area contributed by atoms with Gasteiger partial charge in [0.1, 0.15) is 4.90 Å². The van der Waals surface area contributed by atoms with Gasteiger partial charge in [-0.1, -0.05) is 37.3 Å². The molecule has 21 heavy (non-hydrogen) atoms. The Morgan fingerprint density at radius 2 is 1.81 bits per heavy atom. The molecule has 112 valence electrons. The second kappa shape index (κ2) is 6.61. The van der Waals surface area contributed by atoms with E-state index in [4.69, 9.17) is 5.84 Å². The zero-order chi connectivity index (χ0) is 15.3. The molecule has 0 aliphatic heterocycles. The molecule has 0 radical (unpaired) electrons. The van der Waals surface area contributed by atoms with E-state index in [-0.39, 0.29) is 16.9 Å².